The summed E-state index contributed by atoms with van der Waals surface area (Å²) in [5, 5.41) is 9.31. The molecule has 146 valence electrons. The topological polar surface area (TPSA) is 70.2 Å². The highest BCUT2D eigenvalue weighted by atomic mass is 35.5. The van der Waals surface area contributed by atoms with Crippen LogP contribution in [0, 0.1) is 18.3 Å². The lowest BCUT2D eigenvalue weighted by atomic mass is 9.81. The quantitative estimate of drug-likeness (QED) is 0.709. The normalized spacial score (nSPS) is 17.1. The van der Waals surface area contributed by atoms with Gasteiger partial charge >= 0.3 is 0 Å². The standard InChI is InChI=1S/C20H31N3O2.ClH/c1-14(2)17(23-18(24)16-7-5-6-15(3)12-16)19(25)22-13-20(4)8-10-21-11-9-20;/h5-7,12,14,17,21H,8-11,13H2,1-4H3,(H,22,25)(H,23,24);1H. The number of benzene rings is 1. The molecule has 2 rings (SSSR count). The number of halogens is 1. The summed E-state index contributed by atoms with van der Waals surface area (Å²) in [6.45, 7) is 10.7. The molecule has 1 saturated heterocycles. The second kappa shape index (κ2) is 9.93. The fourth-order valence-corrected chi connectivity index (χ4v) is 3.16. The van der Waals surface area contributed by atoms with Crippen molar-refractivity contribution in [1.82, 2.24) is 16.0 Å². The number of piperidine rings is 1. The van der Waals surface area contributed by atoms with Crippen LogP contribution in [-0.4, -0.2) is 37.5 Å². The number of nitrogens with one attached hydrogen (secondary N) is 3. The van der Waals surface area contributed by atoms with Crippen molar-refractivity contribution in [2.45, 2.75) is 46.6 Å². The van der Waals surface area contributed by atoms with Crippen LogP contribution in [0.25, 0.3) is 0 Å². The van der Waals surface area contributed by atoms with Gasteiger partial charge in [-0.2, -0.15) is 0 Å². The number of amides is 2. The van der Waals surface area contributed by atoms with Crippen molar-refractivity contribution in [3.63, 3.8) is 0 Å². The Morgan fingerprint density at radius 2 is 1.88 bits per heavy atom. The van der Waals surface area contributed by atoms with Gasteiger partial charge in [0.2, 0.25) is 5.91 Å². The van der Waals surface area contributed by atoms with Crippen LogP contribution in [0.5, 0.6) is 0 Å². The van der Waals surface area contributed by atoms with Gasteiger partial charge in [-0.3, -0.25) is 9.59 Å². The van der Waals surface area contributed by atoms with Crippen LogP contribution in [0.1, 0.15) is 49.5 Å². The van der Waals surface area contributed by atoms with E-state index in [1.807, 2.05) is 39.0 Å². The van der Waals surface area contributed by atoms with Crippen molar-refractivity contribution in [1.29, 1.82) is 0 Å². The van der Waals surface area contributed by atoms with Crippen molar-refractivity contribution in [2.75, 3.05) is 19.6 Å². The zero-order valence-corrected chi connectivity index (χ0v) is 17.0. The zero-order chi connectivity index (χ0) is 18.4. The maximum absolute atomic E-state index is 12.7. The molecular weight excluding hydrogens is 350 g/mol. The van der Waals surface area contributed by atoms with E-state index in [1.165, 1.54) is 0 Å². The molecule has 6 heteroatoms. The first-order valence-electron chi connectivity index (χ1n) is 9.17. The number of rotatable bonds is 6. The van der Waals surface area contributed by atoms with E-state index in [0.29, 0.717) is 12.1 Å². The first kappa shape index (κ1) is 22.5. The molecule has 0 radical (unpaired) electrons. The van der Waals surface area contributed by atoms with E-state index in [-0.39, 0.29) is 35.6 Å². The molecule has 1 aliphatic rings. The maximum Gasteiger partial charge on any atom is 0.251 e. The lowest BCUT2D eigenvalue weighted by Gasteiger charge is -2.35. The number of carbonyl (C=O) groups is 2. The Kier molecular flexibility index (Phi) is 8.57. The van der Waals surface area contributed by atoms with Gasteiger partial charge in [0.25, 0.3) is 5.91 Å². The Bertz CT molecular complexity index is 613. The van der Waals surface area contributed by atoms with Gasteiger partial charge in [-0.25, -0.2) is 0 Å². The predicted octanol–water partition coefficient (Wildman–Crippen LogP) is 2.68. The van der Waals surface area contributed by atoms with E-state index < -0.39 is 6.04 Å². The van der Waals surface area contributed by atoms with Crippen LogP contribution >= 0.6 is 12.4 Å². The summed E-state index contributed by atoms with van der Waals surface area (Å²) in [5.41, 5.74) is 1.74. The molecule has 3 N–H and O–H groups in total. The summed E-state index contributed by atoms with van der Waals surface area (Å²) in [5.74, 6) is -0.282. The lowest BCUT2D eigenvalue weighted by molar-refractivity contribution is -0.124. The number of hydrogen-bond donors (Lipinski definition) is 3. The Labute approximate surface area is 163 Å². The van der Waals surface area contributed by atoms with Gasteiger partial charge in [-0.15, -0.1) is 12.4 Å². The third kappa shape index (κ3) is 6.29. The van der Waals surface area contributed by atoms with Crippen LogP contribution in [0.2, 0.25) is 0 Å². The van der Waals surface area contributed by atoms with Crippen molar-refractivity contribution in [2.24, 2.45) is 11.3 Å². The number of hydrogen-bond acceptors (Lipinski definition) is 3. The second-order valence-corrected chi connectivity index (χ2v) is 7.84. The second-order valence-electron chi connectivity index (χ2n) is 7.84. The zero-order valence-electron chi connectivity index (χ0n) is 16.2. The Morgan fingerprint density at radius 1 is 1.23 bits per heavy atom. The minimum atomic E-state index is -0.529. The molecule has 1 heterocycles. The van der Waals surface area contributed by atoms with Crippen molar-refractivity contribution >= 4 is 24.2 Å². The lowest BCUT2D eigenvalue weighted by Crippen LogP contribution is -2.52. The summed E-state index contributed by atoms with van der Waals surface area (Å²) < 4.78 is 0. The van der Waals surface area contributed by atoms with Crippen molar-refractivity contribution in [3.8, 4) is 0 Å². The number of aryl methyl sites for hydroxylation is 1. The van der Waals surface area contributed by atoms with Crippen molar-refractivity contribution < 1.29 is 9.59 Å². The highest BCUT2D eigenvalue weighted by Gasteiger charge is 2.30. The molecule has 0 bridgehead atoms. The SMILES string of the molecule is Cc1cccc(C(=O)NC(C(=O)NCC2(C)CCNCC2)C(C)C)c1.Cl. The van der Waals surface area contributed by atoms with Crippen LogP contribution in [0.4, 0.5) is 0 Å². The van der Waals surface area contributed by atoms with Gasteiger partial charge in [0.05, 0.1) is 0 Å². The molecule has 1 aromatic rings. The predicted molar refractivity (Wildman–Crippen MR) is 108 cm³/mol. The van der Waals surface area contributed by atoms with E-state index in [1.54, 1.807) is 6.07 Å². The fraction of sp³-hybridized carbons (Fsp3) is 0.600. The third-order valence-corrected chi connectivity index (χ3v) is 5.02. The van der Waals surface area contributed by atoms with E-state index in [0.717, 1.165) is 31.5 Å². The fourth-order valence-electron chi connectivity index (χ4n) is 3.16. The molecule has 1 atom stereocenters. The first-order valence-corrected chi connectivity index (χ1v) is 9.17. The largest absolute Gasteiger partial charge is 0.354 e. The maximum atomic E-state index is 12.7. The molecule has 1 aliphatic heterocycles. The average molecular weight is 382 g/mol. The van der Waals surface area contributed by atoms with Crippen LogP contribution in [-0.2, 0) is 4.79 Å². The molecule has 0 saturated carbocycles. The highest BCUT2D eigenvalue weighted by molar-refractivity contribution is 5.97. The monoisotopic (exact) mass is 381 g/mol. The van der Waals surface area contributed by atoms with E-state index in [9.17, 15) is 9.59 Å². The molecule has 0 spiro atoms. The van der Waals surface area contributed by atoms with E-state index in [2.05, 4.69) is 22.9 Å². The average Bonchev–Trinajstić information content (AvgIpc) is 2.58. The third-order valence-electron chi connectivity index (χ3n) is 5.02. The minimum absolute atomic E-state index is 0. The van der Waals surface area contributed by atoms with Crippen LogP contribution in [0.15, 0.2) is 24.3 Å². The Balaban J connectivity index is 0.00000338. The first-order chi connectivity index (χ1) is 11.8. The molecular formula is C20H32ClN3O2. The van der Waals surface area contributed by atoms with Gasteiger partial charge < -0.3 is 16.0 Å². The molecule has 26 heavy (non-hydrogen) atoms. The summed E-state index contributed by atoms with van der Waals surface area (Å²) >= 11 is 0. The van der Waals surface area contributed by atoms with E-state index >= 15 is 0 Å². The van der Waals surface area contributed by atoms with Crippen molar-refractivity contribution in [3.05, 3.63) is 35.4 Å². The summed E-state index contributed by atoms with van der Waals surface area (Å²) in [6, 6.07) is 6.88. The summed E-state index contributed by atoms with van der Waals surface area (Å²) in [7, 11) is 0. The molecule has 1 aromatic carbocycles. The molecule has 0 aromatic heterocycles. The molecule has 0 aliphatic carbocycles. The number of carbonyl (C=O) groups excluding carboxylic acids is 2. The molecule has 1 fully saturated rings. The highest BCUT2D eigenvalue weighted by Crippen LogP contribution is 2.26. The van der Waals surface area contributed by atoms with Gasteiger partial charge in [-0.05, 0) is 56.3 Å². The minimum Gasteiger partial charge on any atom is -0.354 e. The van der Waals surface area contributed by atoms with Gasteiger partial charge in [0, 0.05) is 12.1 Å². The molecule has 1 unspecified atom stereocenters. The Hall–Kier alpha value is -1.59. The smallest absolute Gasteiger partial charge is 0.251 e. The molecule has 2 amide bonds. The van der Waals surface area contributed by atoms with Crippen LogP contribution in [0.3, 0.4) is 0 Å². The van der Waals surface area contributed by atoms with E-state index in [4.69, 9.17) is 0 Å². The summed E-state index contributed by atoms with van der Waals surface area (Å²) in [6.07, 6.45) is 2.10. The van der Waals surface area contributed by atoms with Gasteiger partial charge in [-0.1, -0.05) is 38.5 Å². The summed E-state index contributed by atoms with van der Waals surface area (Å²) in [4.78, 5) is 25.1. The van der Waals surface area contributed by atoms with Crippen LogP contribution < -0.4 is 16.0 Å². The van der Waals surface area contributed by atoms with Gasteiger partial charge in [0.1, 0.15) is 6.04 Å². The Morgan fingerprint density at radius 3 is 2.46 bits per heavy atom. The molecule has 5 nitrogen and oxygen atoms in total. The van der Waals surface area contributed by atoms with Gasteiger partial charge in [0.15, 0.2) is 0 Å².